The number of rotatable bonds is 4. The Morgan fingerprint density at radius 3 is 2.44 bits per heavy atom. The van der Waals surface area contributed by atoms with Gasteiger partial charge in [-0.2, -0.15) is 0 Å². The Hall–Kier alpha value is -2.73. The van der Waals surface area contributed by atoms with Gasteiger partial charge in [0.15, 0.2) is 0 Å². The first-order valence-corrected chi connectivity index (χ1v) is 9.05. The molecule has 3 amide bonds. The number of carbonyl (C=O) groups excluding carboxylic acids is 2. The van der Waals surface area contributed by atoms with Crippen molar-refractivity contribution in [2.45, 2.75) is 18.4 Å². The molecule has 1 saturated heterocycles. The molecule has 1 aliphatic rings. The molecule has 2 aromatic rings. The zero-order chi connectivity index (χ0) is 19.4. The summed E-state index contributed by atoms with van der Waals surface area (Å²) in [6.45, 7) is 0.539. The molecular weight excluding hydrogens is 366 g/mol. The number of hydrogen-bond donors (Lipinski definition) is 2. The zero-order valence-electron chi connectivity index (χ0n) is 15.2. The largest absolute Gasteiger partial charge is 0.497 e. The van der Waals surface area contributed by atoms with Gasteiger partial charge in [-0.3, -0.25) is 4.79 Å². The summed E-state index contributed by atoms with van der Waals surface area (Å²) in [5.41, 5.74) is 1.68. The van der Waals surface area contributed by atoms with Crippen LogP contribution in [0.2, 0.25) is 5.02 Å². The number of carbonyl (C=O) groups is 2. The number of halogens is 1. The first kappa shape index (κ1) is 19.0. The Kier molecular flexibility index (Phi) is 5.86. The quantitative estimate of drug-likeness (QED) is 0.843. The van der Waals surface area contributed by atoms with Crippen LogP contribution in [0.4, 0.5) is 10.5 Å². The van der Waals surface area contributed by atoms with E-state index in [0.717, 1.165) is 11.3 Å². The molecule has 2 atom stereocenters. The van der Waals surface area contributed by atoms with Gasteiger partial charge in [-0.05, 0) is 42.0 Å². The summed E-state index contributed by atoms with van der Waals surface area (Å²) in [6.07, 6.45) is 0.251. The van der Waals surface area contributed by atoms with Crippen LogP contribution in [-0.4, -0.2) is 43.6 Å². The predicted octanol–water partition coefficient (Wildman–Crippen LogP) is 3.48. The second-order valence-corrected chi connectivity index (χ2v) is 7.01. The lowest BCUT2D eigenvalue weighted by Crippen LogP contribution is -2.51. The van der Waals surface area contributed by atoms with Crippen molar-refractivity contribution in [3.05, 3.63) is 59.1 Å². The van der Waals surface area contributed by atoms with Crippen LogP contribution in [0, 0.1) is 0 Å². The molecule has 7 heteroatoms. The smallest absolute Gasteiger partial charge is 0.319 e. The van der Waals surface area contributed by atoms with Gasteiger partial charge >= 0.3 is 6.03 Å². The first-order chi connectivity index (χ1) is 13.0. The molecule has 3 rings (SSSR count). The maximum Gasteiger partial charge on any atom is 0.319 e. The van der Waals surface area contributed by atoms with Crippen LogP contribution in [0.3, 0.4) is 0 Å². The molecule has 0 spiro atoms. The number of ether oxygens (including phenoxy) is 1. The third-order valence-electron chi connectivity index (χ3n) is 4.74. The summed E-state index contributed by atoms with van der Waals surface area (Å²) in [7, 11) is 3.40. The van der Waals surface area contributed by atoms with Crippen molar-refractivity contribution in [2.75, 3.05) is 26.0 Å². The van der Waals surface area contributed by atoms with Gasteiger partial charge in [0.25, 0.3) is 0 Å². The average Bonchev–Trinajstić information content (AvgIpc) is 2.66. The Labute approximate surface area is 163 Å². The van der Waals surface area contributed by atoms with Gasteiger partial charge in [-0.25, -0.2) is 4.79 Å². The van der Waals surface area contributed by atoms with Gasteiger partial charge in [0, 0.05) is 42.7 Å². The van der Waals surface area contributed by atoms with E-state index < -0.39 is 0 Å². The number of urea groups is 1. The highest BCUT2D eigenvalue weighted by Gasteiger charge is 2.34. The first-order valence-electron chi connectivity index (χ1n) is 8.67. The number of benzene rings is 2. The van der Waals surface area contributed by atoms with E-state index in [4.69, 9.17) is 16.3 Å². The van der Waals surface area contributed by atoms with E-state index in [2.05, 4.69) is 10.6 Å². The number of nitrogens with zero attached hydrogens (tertiary/aromatic N) is 1. The van der Waals surface area contributed by atoms with Crippen molar-refractivity contribution >= 4 is 29.2 Å². The maximum absolute atomic E-state index is 12.4. The standard InChI is InChI=1S/C20H22ClN3O3/c1-24-12-17(13-3-9-16(27-2)10-4-13)18(11-19(24)25)23-20(26)22-15-7-5-14(21)6-8-15/h3-10,17-18H,11-12H2,1-2H3,(H2,22,23,26). The number of piperidine rings is 1. The molecule has 6 nitrogen and oxygen atoms in total. The number of anilines is 1. The molecular formula is C20H22ClN3O3. The van der Waals surface area contributed by atoms with Crippen molar-refractivity contribution < 1.29 is 14.3 Å². The fourth-order valence-corrected chi connectivity index (χ4v) is 3.35. The van der Waals surface area contributed by atoms with Crippen LogP contribution in [0.1, 0.15) is 17.9 Å². The van der Waals surface area contributed by atoms with Gasteiger partial charge < -0.3 is 20.3 Å². The number of likely N-dealkylation sites (tertiary alicyclic amines) is 1. The van der Waals surface area contributed by atoms with E-state index in [-0.39, 0.29) is 30.3 Å². The van der Waals surface area contributed by atoms with Gasteiger partial charge in [0.2, 0.25) is 5.91 Å². The second kappa shape index (κ2) is 8.31. The van der Waals surface area contributed by atoms with Crippen molar-refractivity contribution in [1.29, 1.82) is 0 Å². The molecule has 0 aromatic heterocycles. The fourth-order valence-electron chi connectivity index (χ4n) is 3.22. The minimum atomic E-state index is -0.349. The topological polar surface area (TPSA) is 70.7 Å². The lowest BCUT2D eigenvalue weighted by molar-refractivity contribution is -0.133. The van der Waals surface area contributed by atoms with Gasteiger partial charge in [-0.15, -0.1) is 0 Å². The molecule has 0 aliphatic carbocycles. The van der Waals surface area contributed by atoms with Crippen LogP contribution in [0.5, 0.6) is 5.75 Å². The van der Waals surface area contributed by atoms with E-state index in [1.807, 2.05) is 24.3 Å². The van der Waals surface area contributed by atoms with Crippen molar-refractivity contribution in [3.8, 4) is 5.75 Å². The molecule has 2 N–H and O–H groups in total. The van der Waals surface area contributed by atoms with Crippen LogP contribution in [-0.2, 0) is 4.79 Å². The lowest BCUT2D eigenvalue weighted by Gasteiger charge is -2.37. The second-order valence-electron chi connectivity index (χ2n) is 6.57. The Balaban J connectivity index is 1.73. The normalized spacial score (nSPS) is 19.5. The van der Waals surface area contributed by atoms with Gasteiger partial charge in [-0.1, -0.05) is 23.7 Å². The van der Waals surface area contributed by atoms with Gasteiger partial charge in [0.1, 0.15) is 5.75 Å². The highest BCUT2D eigenvalue weighted by molar-refractivity contribution is 6.30. The number of methoxy groups -OCH3 is 1. The molecule has 1 fully saturated rings. The molecule has 27 heavy (non-hydrogen) atoms. The lowest BCUT2D eigenvalue weighted by atomic mass is 9.86. The maximum atomic E-state index is 12.4. The van der Waals surface area contributed by atoms with Crippen molar-refractivity contribution in [2.24, 2.45) is 0 Å². The minimum absolute atomic E-state index is 0.00502. The Morgan fingerprint density at radius 2 is 1.81 bits per heavy atom. The zero-order valence-corrected chi connectivity index (χ0v) is 16.0. The van der Waals surface area contributed by atoms with Crippen LogP contribution >= 0.6 is 11.6 Å². The molecule has 2 aromatic carbocycles. The number of hydrogen-bond acceptors (Lipinski definition) is 3. The molecule has 0 bridgehead atoms. The number of nitrogens with one attached hydrogen (secondary N) is 2. The van der Waals surface area contributed by atoms with E-state index >= 15 is 0 Å². The monoisotopic (exact) mass is 387 g/mol. The highest BCUT2D eigenvalue weighted by Crippen LogP contribution is 2.29. The molecule has 0 radical (unpaired) electrons. The van der Waals surface area contributed by atoms with E-state index in [9.17, 15) is 9.59 Å². The number of likely N-dealkylation sites (N-methyl/N-ethyl adjacent to an activating group) is 1. The summed E-state index contributed by atoms with van der Waals surface area (Å²) in [5.74, 6) is 0.773. The highest BCUT2D eigenvalue weighted by atomic mass is 35.5. The third kappa shape index (κ3) is 4.71. The average molecular weight is 388 g/mol. The van der Waals surface area contributed by atoms with E-state index in [1.54, 1.807) is 43.3 Å². The van der Waals surface area contributed by atoms with Crippen LogP contribution < -0.4 is 15.4 Å². The molecule has 1 heterocycles. The minimum Gasteiger partial charge on any atom is -0.497 e. The summed E-state index contributed by atoms with van der Waals surface area (Å²) in [6, 6.07) is 13.9. The summed E-state index contributed by atoms with van der Waals surface area (Å²) in [4.78, 5) is 26.3. The van der Waals surface area contributed by atoms with Crippen molar-refractivity contribution in [3.63, 3.8) is 0 Å². The van der Waals surface area contributed by atoms with Crippen LogP contribution in [0.15, 0.2) is 48.5 Å². The molecule has 142 valence electrons. The van der Waals surface area contributed by atoms with E-state index in [0.29, 0.717) is 17.3 Å². The summed E-state index contributed by atoms with van der Waals surface area (Å²) in [5, 5.41) is 6.33. The summed E-state index contributed by atoms with van der Waals surface area (Å²) < 4.78 is 5.21. The summed E-state index contributed by atoms with van der Waals surface area (Å²) >= 11 is 5.86. The Bertz CT molecular complexity index is 808. The van der Waals surface area contributed by atoms with Crippen molar-refractivity contribution in [1.82, 2.24) is 10.2 Å². The SMILES string of the molecule is COc1ccc(C2CN(C)C(=O)CC2NC(=O)Nc2ccc(Cl)cc2)cc1. The third-order valence-corrected chi connectivity index (χ3v) is 4.99. The van der Waals surface area contributed by atoms with E-state index in [1.165, 1.54) is 0 Å². The Morgan fingerprint density at radius 1 is 1.15 bits per heavy atom. The molecule has 1 aliphatic heterocycles. The molecule has 2 unspecified atom stereocenters. The predicted molar refractivity (Wildman–Crippen MR) is 105 cm³/mol. The molecule has 0 saturated carbocycles. The fraction of sp³-hybridized carbons (Fsp3) is 0.300. The number of amides is 3. The van der Waals surface area contributed by atoms with Crippen LogP contribution in [0.25, 0.3) is 0 Å². The van der Waals surface area contributed by atoms with Gasteiger partial charge in [0.05, 0.1) is 7.11 Å².